The summed E-state index contributed by atoms with van der Waals surface area (Å²) in [7, 11) is 0. The molecule has 4 heteroatoms. The molecule has 0 saturated carbocycles. The van der Waals surface area contributed by atoms with Crippen molar-refractivity contribution in [2.75, 3.05) is 12.0 Å². The maximum atomic E-state index is 10.1. The molecule has 1 amide bonds. The molecule has 0 spiro atoms. The van der Waals surface area contributed by atoms with E-state index in [1.807, 2.05) is 18.2 Å². The number of nitrogens with one attached hydrogen (secondary N) is 2. The van der Waals surface area contributed by atoms with Crippen LogP contribution in [0.2, 0.25) is 0 Å². The lowest BCUT2D eigenvalue weighted by atomic mass is 10.2. The Morgan fingerprint density at radius 1 is 1.62 bits per heavy atom. The molecule has 1 heterocycles. The first-order valence-electron chi connectivity index (χ1n) is 4.07. The summed E-state index contributed by atoms with van der Waals surface area (Å²) in [6.45, 7) is 1.07. The minimum Gasteiger partial charge on any atom is -0.471 e. The smallest absolute Gasteiger partial charge is 0.207 e. The zero-order valence-electron chi connectivity index (χ0n) is 7.04. The Balaban J connectivity index is 2.16. The quantitative estimate of drug-likeness (QED) is 0.670. The highest BCUT2D eigenvalue weighted by atomic mass is 16.5. The van der Waals surface area contributed by atoms with E-state index in [0.29, 0.717) is 19.7 Å². The minimum absolute atomic E-state index is 0.528. The van der Waals surface area contributed by atoms with Crippen LogP contribution >= 0.6 is 0 Å². The van der Waals surface area contributed by atoms with Gasteiger partial charge in [0.1, 0.15) is 5.75 Å². The van der Waals surface area contributed by atoms with Gasteiger partial charge in [0.25, 0.3) is 0 Å². The van der Waals surface area contributed by atoms with Gasteiger partial charge in [-0.2, -0.15) is 0 Å². The SMILES string of the molecule is O=CNCc1ccc2c(c1)OCN2. The van der Waals surface area contributed by atoms with Crippen LogP contribution in [0, 0.1) is 0 Å². The molecule has 0 radical (unpaired) electrons. The van der Waals surface area contributed by atoms with Crippen molar-refractivity contribution in [3.63, 3.8) is 0 Å². The molecule has 0 fully saturated rings. The third-order valence-electron chi connectivity index (χ3n) is 1.93. The van der Waals surface area contributed by atoms with Crippen LogP contribution in [0.25, 0.3) is 0 Å². The Morgan fingerprint density at radius 3 is 3.38 bits per heavy atom. The molecule has 68 valence electrons. The van der Waals surface area contributed by atoms with Crippen molar-refractivity contribution in [2.24, 2.45) is 0 Å². The van der Waals surface area contributed by atoms with E-state index in [0.717, 1.165) is 17.0 Å². The van der Waals surface area contributed by atoms with Gasteiger partial charge < -0.3 is 15.4 Å². The number of rotatable bonds is 3. The summed E-state index contributed by atoms with van der Waals surface area (Å²) < 4.78 is 5.29. The third-order valence-corrected chi connectivity index (χ3v) is 1.93. The second-order valence-corrected chi connectivity index (χ2v) is 2.79. The van der Waals surface area contributed by atoms with Gasteiger partial charge >= 0.3 is 0 Å². The molecule has 4 nitrogen and oxygen atoms in total. The fraction of sp³-hybridized carbons (Fsp3) is 0.222. The van der Waals surface area contributed by atoms with Crippen LogP contribution in [0.15, 0.2) is 18.2 Å². The fourth-order valence-corrected chi connectivity index (χ4v) is 1.29. The van der Waals surface area contributed by atoms with Crippen LogP contribution in [0.4, 0.5) is 5.69 Å². The Bertz CT molecular complexity index is 325. The van der Waals surface area contributed by atoms with Crippen molar-refractivity contribution in [1.82, 2.24) is 5.32 Å². The van der Waals surface area contributed by atoms with E-state index in [4.69, 9.17) is 4.74 Å². The molecule has 0 bridgehead atoms. The molecule has 1 aromatic rings. The highest BCUT2D eigenvalue weighted by Gasteiger charge is 2.10. The third kappa shape index (κ3) is 1.56. The zero-order chi connectivity index (χ0) is 9.10. The van der Waals surface area contributed by atoms with Gasteiger partial charge in [0.05, 0.1) is 5.69 Å². The first-order chi connectivity index (χ1) is 6.40. The van der Waals surface area contributed by atoms with E-state index in [1.54, 1.807) is 0 Å². The number of benzene rings is 1. The van der Waals surface area contributed by atoms with E-state index >= 15 is 0 Å². The number of carbonyl (C=O) groups is 1. The lowest BCUT2D eigenvalue weighted by molar-refractivity contribution is -0.109. The molecule has 1 aliphatic heterocycles. The predicted molar refractivity (Wildman–Crippen MR) is 48.5 cm³/mol. The molecular formula is C9H10N2O2. The largest absolute Gasteiger partial charge is 0.471 e. The van der Waals surface area contributed by atoms with Gasteiger partial charge in [-0.05, 0) is 17.7 Å². The van der Waals surface area contributed by atoms with Crippen molar-refractivity contribution < 1.29 is 9.53 Å². The van der Waals surface area contributed by atoms with Crippen LogP contribution in [-0.2, 0) is 11.3 Å². The number of hydrogen-bond donors (Lipinski definition) is 2. The number of amides is 1. The topological polar surface area (TPSA) is 50.4 Å². The van der Waals surface area contributed by atoms with E-state index < -0.39 is 0 Å². The Kier molecular flexibility index (Phi) is 2.04. The summed E-state index contributed by atoms with van der Waals surface area (Å²) in [5.74, 6) is 0.852. The first kappa shape index (κ1) is 7.91. The number of fused-ring (bicyclic) bond motifs is 1. The molecule has 0 unspecified atom stereocenters. The number of ether oxygens (including phenoxy) is 1. The van der Waals surface area contributed by atoms with Crippen molar-refractivity contribution >= 4 is 12.1 Å². The van der Waals surface area contributed by atoms with E-state index in [1.165, 1.54) is 0 Å². The summed E-state index contributed by atoms with van der Waals surface area (Å²) >= 11 is 0. The highest BCUT2D eigenvalue weighted by molar-refractivity contribution is 5.60. The van der Waals surface area contributed by atoms with Gasteiger partial charge in [-0.15, -0.1) is 0 Å². The van der Waals surface area contributed by atoms with Gasteiger partial charge in [0.15, 0.2) is 6.73 Å². The maximum absolute atomic E-state index is 10.1. The molecular weight excluding hydrogens is 168 g/mol. The van der Waals surface area contributed by atoms with Gasteiger partial charge in [-0.25, -0.2) is 0 Å². The van der Waals surface area contributed by atoms with Gasteiger partial charge in [0.2, 0.25) is 6.41 Å². The van der Waals surface area contributed by atoms with E-state index in [-0.39, 0.29) is 0 Å². The summed E-state index contributed by atoms with van der Waals surface area (Å²) in [5.41, 5.74) is 2.05. The summed E-state index contributed by atoms with van der Waals surface area (Å²) in [6.07, 6.45) is 0.687. The van der Waals surface area contributed by atoms with Crippen molar-refractivity contribution in [3.8, 4) is 5.75 Å². The average molecular weight is 178 g/mol. The molecule has 0 aliphatic carbocycles. The molecule has 13 heavy (non-hydrogen) atoms. The molecule has 2 rings (SSSR count). The van der Waals surface area contributed by atoms with Crippen LogP contribution in [0.5, 0.6) is 5.75 Å². The summed E-state index contributed by atoms with van der Waals surface area (Å²) in [4.78, 5) is 10.1. The average Bonchev–Trinajstić information content (AvgIpc) is 2.61. The summed E-state index contributed by atoms with van der Waals surface area (Å²) in [6, 6.07) is 5.83. The van der Waals surface area contributed by atoms with E-state index in [2.05, 4.69) is 10.6 Å². The maximum Gasteiger partial charge on any atom is 0.207 e. The Labute approximate surface area is 75.9 Å². The van der Waals surface area contributed by atoms with Gasteiger partial charge in [0, 0.05) is 6.54 Å². The first-order valence-corrected chi connectivity index (χ1v) is 4.07. The van der Waals surface area contributed by atoms with E-state index in [9.17, 15) is 4.79 Å². The molecule has 2 N–H and O–H groups in total. The van der Waals surface area contributed by atoms with Crippen molar-refractivity contribution in [1.29, 1.82) is 0 Å². The molecule has 0 aromatic heterocycles. The lowest BCUT2D eigenvalue weighted by Crippen LogP contribution is -2.09. The normalized spacial score (nSPS) is 12.6. The predicted octanol–water partition coefficient (Wildman–Crippen LogP) is 0.694. The summed E-state index contributed by atoms with van der Waals surface area (Å²) in [5, 5.41) is 5.67. The number of anilines is 1. The van der Waals surface area contributed by atoms with Crippen molar-refractivity contribution in [2.45, 2.75) is 6.54 Å². The lowest BCUT2D eigenvalue weighted by Gasteiger charge is -2.02. The van der Waals surface area contributed by atoms with Gasteiger partial charge in [-0.3, -0.25) is 4.79 Å². The Hall–Kier alpha value is -1.71. The Morgan fingerprint density at radius 2 is 2.54 bits per heavy atom. The second-order valence-electron chi connectivity index (χ2n) is 2.79. The fourth-order valence-electron chi connectivity index (χ4n) is 1.29. The molecule has 1 aliphatic rings. The standard InChI is InChI=1S/C9H10N2O2/c12-5-10-4-7-1-2-8-9(3-7)13-6-11-8/h1-3,5,11H,4,6H2,(H,10,12). The highest BCUT2D eigenvalue weighted by Crippen LogP contribution is 2.29. The minimum atomic E-state index is 0.528. The van der Waals surface area contributed by atoms with Crippen LogP contribution in [-0.4, -0.2) is 13.1 Å². The zero-order valence-corrected chi connectivity index (χ0v) is 7.04. The van der Waals surface area contributed by atoms with Gasteiger partial charge in [-0.1, -0.05) is 6.07 Å². The van der Waals surface area contributed by atoms with Crippen LogP contribution in [0.1, 0.15) is 5.56 Å². The number of carbonyl (C=O) groups excluding carboxylic acids is 1. The van der Waals surface area contributed by atoms with Crippen LogP contribution < -0.4 is 15.4 Å². The monoisotopic (exact) mass is 178 g/mol. The molecule has 1 aromatic carbocycles. The van der Waals surface area contributed by atoms with Crippen molar-refractivity contribution in [3.05, 3.63) is 23.8 Å². The second kappa shape index (κ2) is 3.35. The number of hydrogen-bond acceptors (Lipinski definition) is 3. The van der Waals surface area contributed by atoms with Crippen LogP contribution in [0.3, 0.4) is 0 Å². The molecule has 0 saturated heterocycles. The molecule has 0 atom stereocenters.